The number of anilines is 3. The minimum Gasteiger partial charge on any atom is -0.308 e. The van der Waals surface area contributed by atoms with Crippen LogP contribution in [0, 0.1) is 0 Å². The van der Waals surface area contributed by atoms with Gasteiger partial charge in [-0.1, -0.05) is 202 Å². The largest absolute Gasteiger partial charge is 0.308 e. The monoisotopic (exact) mass is 840 g/mol. The lowest BCUT2D eigenvalue weighted by Gasteiger charge is -2.41. The van der Waals surface area contributed by atoms with E-state index in [1.165, 1.54) is 105 Å². The molecule has 0 bridgehead atoms. The van der Waals surface area contributed by atoms with Crippen LogP contribution in [0.2, 0.25) is 0 Å². The van der Waals surface area contributed by atoms with Crippen LogP contribution < -0.4 is 4.90 Å². The predicted octanol–water partition coefficient (Wildman–Crippen LogP) is 16.6. The summed E-state index contributed by atoms with van der Waals surface area (Å²) < 4.78 is 2.59. The molecular weight excluding hydrogens is 797 g/mol. The third-order valence-corrected chi connectivity index (χ3v) is 15.2. The Morgan fingerprint density at radius 2 is 0.879 bits per heavy atom. The Balaban J connectivity index is 1.04. The van der Waals surface area contributed by atoms with E-state index in [1.807, 2.05) is 0 Å². The van der Waals surface area contributed by atoms with Crippen LogP contribution in [-0.4, -0.2) is 4.57 Å². The molecule has 0 fully saturated rings. The maximum atomic E-state index is 2.59. The lowest BCUT2D eigenvalue weighted by molar-refractivity contribution is 0.660. The number of hydrogen-bond acceptors (Lipinski definition) is 1. The molecule has 0 saturated carbocycles. The molecule has 0 atom stereocenters. The second kappa shape index (κ2) is 13.7. The molecule has 11 aromatic rings. The summed E-state index contributed by atoms with van der Waals surface area (Å²) in [5.74, 6) is 0. The van der Waals surface area contributed by atoms with E-state index in [0.29, 0.717) is 0 Å². The highest BCUT2D eigenvalue weighted by Gasteiger charge is 2.51. The van der Waals surface area contributed by atoms with E-state index in [4.69, 9.17) is 0 Å². The molecule has 310 valence electrons. The van der Waals surface area contributed by atoms with Gasteiger partial charge in [-0.2, -0.15) is 0 Å². The minimum absolute atomic E-state index is 0.0702. The van der Waals surface area contributed by atoms with Crippen molar-refractivity contribution in [3.05, 3.63) is 264 Å². The van der Waals surface area contributed by atoms with Crippen molar-refractivity contribution in [2.45, 2.75) is 24.7 Å². The highest BCUT2D eigenvalue weighted by Crippen LogP contribution is 2.62. The summed E-state index contributed by atoms with van der Waals surface area (Å²) in [7, 11) is 0. The van der Waals surface area contributed by atoms with Gasteiger partial charge in [-0.05, 0) is 120 Å². The van der Waals surface area contributed by atoms with E-state index >= 15 is 0 Å². The lowest BCUT2D eigenvalue weighted by atomic mass is 9.65. The van der Waals surface area contributed by atoms with Crippen LogP contribution in [0.25, 0.3) is 72.0 Å². The molecule has 10 aromatic carbocycles. The highest BCUT2D eigenvalue weighted by atomic mass is 15.2. The first kappa shape index (κ1) is 37.2. The van der Waals surface area contributed by atoms with Crippen molar-refractivity contribution < 1.29 is 0 Å². The van der Waals surface area contributed by atoms with Crippen LogP contribution in [0.5, 0.6) is 0 Å². The third kappa shape index (κ3) is 4.91. The number of fused-ring (bicyclic) bond motifs is 15. The Labute approximate surface area is 385 Å². The fraction of sp³-hybridized carbons (Fsp3) is 0.0625. The van der Waals surface area contributed by atoms with Crippen molar-refractivity contribution >= 4 is 38.9 Å². The molecule has 2 heteroatoms. The van der Waals surface area contributed by atoms with Gasteiger partial charge in [0.2, 0.25) is 0 Å². The fourth-order valence-corrected chi connectivity index (χ4v) is 12.3. The van der Waals surface area contributed by atoms with Crippen LogP contribution in [0.15, 0.2) is 231 Å². The average Bonchev–Trinajstić information content (AvgIpc) is 3.95. The van der Waals surface area contributed by atoms with E-state index in [-0.39, 0.29) is 5.41 Å². The Kier molecular flexibility index (Phi) is 7.70. The third-order valence-electron chi connectivity index (χ3n) is 15.2. The number of benzene rings is 10. The Morgan fingerprint density at radius 1 is 0.348 bits per heavy atom. The molecule has 0 amide bonds. The van der Waals surface area contributed by atoms with Crippen LogP contribution in [0.1, 0.15) is 47.2 Å². The molecule has 1 spiro atoms. The molecule has 0 unspecified atom stereocenters. The normalized spacial score (nSPS) is 14.2. The molecule has 0 radical (unpaired) electrons. The summed E-state index contributed by atoms with van der Waals surface area (Å²) in [5.41, 5.74) is 24.5. The van der Waals surface area contributed by atoms with E-state index in [1.54, 1.807) is 0 Å². The maximum absolute atomic E-state index is 2.59. The molecule has 0 saturated heterocycles. The molecule has 2 nitrogen and oxygen atoms in total. The van der Waals surface area contributed by atoms with Crippen molar-refractivity contribution in [1.29, 1.82) is 0 Å². The molecule has 14 rings (SSSR count). The van der Waals surface area contributed by atoms with Crippen LogP contribution in [-0.2, 0) is 10.8 Å². The maximum Gasteiger partial charge on any atom is 0.0755 e. The van der Waals surface area contributed by atoms with Crippen molar-refractivity contribution in [3.8, 4) is 50.2 Å². The van der Waals surface area contributed by atoms with E-state index in [2.05, 4.69) is 254 Å². The Bertz CT molecular complexity index is 3750. The van der Waals surface area contributed by atoms with Gasteiger partial charge in [0.1, 0.15) is 0 Å². The van der Waals surface area contributed by atoms with Crippen molar-refractivity contribution in [2.24, 2.45) is 0 Å². The number of rotatable bonds is 5. The van der Waals surface area contributed by atoms with Gasteiger partial charge < -0.3 is 9.47 Å². The Morgan fingerprint density at radius 3 is 1.65 bits per heavy atom. The zero-order valence-electron chi connectivity index (χ0n) is 36.8. The summed E-state index contributed by atoms with van der Waals surface area (Å²) in [4.78, 5) is 2.51. The molecule has 0 N–H and O–H groups in total. The first-order chi connectivity index (χ1) is 32.5. The smallest absolute Gasteiger partial charge is 0.0755 e. The number of hydrogen-bond donors (Lipinski definition) is 0. The van der Waals surface area contributed by atoms with Gasteiger partial charge in [0.15, 0.2) is 0 Å². The standard InChI is InChI=1S/C64H44N2/c1-63(2)53-26-10-6-21-47(53)50-38-35-44(40-58(50)63)42-33-36-45(37-34-42)65(46-20-14-19-43(39-46)41-17-4-3-5-18-41)60-32-16-30-57-62(60)66-59-31-13-9-24-51(59)52-25-15-29-56(61(52)66)64(57)54-27-11-7-22-48(54)49-23-8-12-28-55(49)64/h3-40H,1-2H3. The first-order valence-corrected chi connectivity index (χ1v) is 23.2. The van der Waals surface area contributed by atoms with Crippen LogP contribution >= 0.6 is 0 Å². The van der Waals surface area contributed by atoms with Gasteiger partial charge >= 0.3 is 0 Å². The molecule has 2 heterocycles. The van der Waals surface area contributed by atoms with Gasteiger partial charge in [0.05, 0.1) is 27.8 Å². The topological polar surface area (TPSA) is 8.17 Å². The van der Waals surface area contributed by atoms with Crippen molar-refractivity contribution in [2.75, 3.05) is 4.90 Å². The summed E-state index contributed by atoms with van der Waals surface area (Å²) in [6, 6.07) is 86.3. The van der Waals surface area contributed by atoms with Crippen molar-refractivity contribution in [1.82, 2.24) is 4.57 Å². The first-order valence-electron chi connectivity index (χ1n) is 23.2. The van der Waals surface area contributed by atoms with Gasteiger partial charge in [0, 0.05) is 27.6 Å². The fourth-order valence-electron chi connectivity index (χ4n) is 12.3. The lowest BCUT2D eigenvalue weighted by Crippen LogP contribution is -2.34. The van der Waals surface area contributed by atoms with Crippen molar-refractivity contribution in [3.63, 3.8) is 0 Å². The molecular formula is C64H44N2. The zero-order chi connectivity index (χ0) is 43.7. The highest BCUT2D eigenvalue weighted by molar-refractivity contribution is 6.14. The molecule has 3 aliphatic rings. The summed E-state index contributed by atoms with van der Waals surface area (Å²) >= 11 is 0. The summed E-state index contributed by atoms with van der Waals surface area (Å²) in [6.45, 7) is 4.72. The summed E-state index contributed by atoms with van der Waals surface area (Å²) in [5, 5.41) is 2.53. The van der Waals surface area contributed by atoms with Gasteiger partial charge in [0.25, 0.3) is 0 Å². The van der Waals surface area contributed by atoms with E-state index in [0.717, 1.165) is 17.1 Å². The number of nitrogens with zero attached hydrogens (tertiary/aromatic N) is 2. The number of para-hydroxylation sites is 3. The van der Waals surface area contributed by atoms with Gasteiger partial charge in [-0.25, -0.2) is 0 Å². The van der Waals surface area contributed by atoms with Crippen LogP contribution in [0.3, 0.4) is 0 Å². The summed E-state index contributed by atoms with van der Waals surface area (Å²) in [6.07, 6.45) is 0. The van der Waals surface area contributed by atoms with E-state index in [9.17, 15) is 0 Å². The SMILES string of the molecule is CC1(C)c2ccccc2-c2ccc(-c3ccc(N(c4cccc(-c5ccccc5)c4)c4cccc5c4-n4c6ccccc6c6cccc(c64)C54c5ccccc5-c5ccccc54)cc3)cc21. The zero-order valence-corrected chi connectivity index (χ0v) is 36.8. The Hall–Kier alpha value is -8.20. The van der Waals surface area contributed by atoms with Gasteiger partial charge in [-0.15, -0.1) is 0 Å². The number of aromatic nitrogens is 1. The quantitative estimate of drug-likeness (QED) is 0.168. The molecule has 66 heavy (non-hydrogen) atoms. The second-order valence-electron chi connectivity index (χ2n) is 18.8. The van der Waals surface area contributed by atoms with Gasteiger partial charge in [-0.3, -0.25) is 0 Å². The van der Waals surface area contributed by atoms with E-state index < -0.39 is 5.41 Å². The molecule has 1 aromatic heterocycles. The van der Waals surface area contributed by atoms with Crippen LogP contribution in [0.4, 0.5) is 17.1 Å². The predicted molar refractivity (Wildman–Crippen MR) is 275 cm³/mol. The second-order valence-corrected chi connectivity index (χ2v) is 18.8. The molecule has 1 aliphatic heterocycles. The minimum atomic E-state index is -0.551. The molecule has 2 aliphatic carbocycles. The average molecular weight is 841 g/mol.